The molecule has 100 valence electrons. The topological polar surface area (TPSA) is 53.0 Å². The summed E-state index contributed by atoms with van der Waals surface area (Å²) in [5.41, 5.74) is 0. The molecule has 1 aliphatic heterocycles. The number of ether oxygens (including phenoxy) is 1. The van der Waals surface area contributed by atoms with Crippen molar-refractivity contribution in [1.29, 1.82) is 0 Å². The van der Waals surface area contributed by atoms with Crippen LogP contribution in [0, 0.1) is 0 Å². The van der Waals surface area contributed by atoms with Gasteiger partial charge in [-0.3, -0.25) is 14.6 Å². The molecule has 5 heteroatoms. The zero-order chi connectivity index (χ0) is 12.7. The van der Waals surface area contributed by atoms with Gasteiger partial charge in [0.25, 0.3) is 0 Å². The summed E-state index contributed by atoms with van der Waals surface area (Å²) in [5.74, 6) is -0.113. The van der Waals surface area contributed by atoms with Crippen LogP contribution in [-0.4, -0.2) is 72.9 Å². The molecule has 1 heterocycles. The van der Waals surface area contributed by atoms with Crippen LogP contribution in [0.3, 0.4) is 0 Å². The second-order valence-corrected chi connectivity index (χ2v) is 4.46. The second kappa shape index (κ2) is 7.63. The normalized spacial score (nSPS) is 20.2. The van der Waals surface area contributed by atoms with Crippen molar-refractivity contribution in [2.45, 2.75) is 26.3 Å². The summed E-state index contributed by atoms with van der Waals surface area (Å²) < 4.78 is 4.95. The van der Waals surface area contributed by atoms with Gasteiger partial charge in [-0.1, -0.05) is 0 Å². The Morgan fingerprint density at radius 3 is 2.53 bits per heavy atom. The monoisotopic (exact) mass is 244 g/mol. The lowest BCUT2D eigenvalue weighted by Gasteiger charge is -2.37. The lowest BCUT2D eigenvalue weighted by molar-refractivity contribution is -0.144. The van der Waals surface area contributed by atoms with Gasteiger partial charge in [0.15, 0.2) is 0 Å². The molecule has 1 fully saturated rings. The summed E-state index contributed by atoms with van der Waals surface area (Å²) in [6, 6.07) is 0.241. The first-order valence-electron chi connectivity index (χ1n) is 6.40. The Balaban J connectivity index is 2.25. The third-order valence-electron chi connectivity index (χ3n) is 3.21. The third-order valence-corrected chi connectivity index (χ3v) is 3.21. The van der Waals surface area contributed by atoms with Gasteiger partial charge in [0.1, 0.15) is 0 Å². The first-order chi connectivity index (χ1) is 8.17. The number of aliphatic hydroxyl groups is 1. The Bertz CT molecular complexity index is 228. The quantitative estimate of drug-likeness (QED) is 0.663. The van der Waals surface area contributed by atoms with E-state index in [2.05, 4.69) is 16.7 Å². The molecule has 0 aromatic rings. The van der Waals surface area contributed by atoms with E-state index in [1.807, 2.05) is 6.92 Å². The smallest absolute Gasteiger partial charge is 0.307 e. The first-order valence-corrected chi connectivity index (χ1v) is 6.40. The van der Waals surface area contributed by atoms with Crippen LogP contribution in [0.4, 0.5) is 0 Å². The highest BCUT2D eigenvalue weighted by Gasteiger charge is 2.22. The number of carbonyl (C=O) groups is 1. The number of β-amino-alcohol motifs (C(OH)–C–C–N with tert-alkyl or cyclic N) is 1. The largest absolute Gasteiger partial charge is 0.466 e. The second-order valence-electron chi connectivity index (χ2n) is 4.46. The van der Waals surface area contributed by atoms with Crippen LogP contribution >= 0.6 is 0 Å². The summed E-state index contributed by atoms with van der Waals surface area (Å²) in [4.78, 5) is 15.9. The third kappa shape index (κ3) is 5.02. The molecular weight excluding hydrogens is 220 g/mol. The number of carbonyl (C=O) groups excluding carboxylic acids is 1. The van der Waals surface area contributed by atoms with Crippen molar-refractivity contribution in [2.24, 2.45) is 0 Å². The minimum Gasteiger partial charge on any atom is -0.466 e. The Kier molecular flexibility index (Phi) is 6.47. The average molecular weight is 244 g/mol. The molecule has 0 aliphatic carbocycles. The van der Waals surface area contributed by atoms with Gasteiger partial charge in [0.2, 0.25) is 0 Å². The molecule has 1 saturated heterocycles. The maximum atomic E-state index is 11.4. The molecule has 0 amide bonds. The van der Waals surface area contributed by atoms with Crippen LogP contribution in [0.5, 0.6) is 0 Å². The van der Waals surface area contributed by atoms with E-state index < -0.39 is 0 Å². The first kappa shape index (κ1) is 14.4. The highest BCUT2D eigenvalue weighted by molar-refractivity contribution is 5.70. The van der Waals surface area contributed by atoms with Gasteiger partial charge in [-0.25, -0.2) is 0 Å². The molecule has 1 aliphatic rings. The lowest BCUT2D eigenvalue weighted by atomic mass is 10.1. The fraction of sp³-hybridized carbons (Fsp3) is 0.917. The summed E-state index contributed by atoms with van der Waals surface area (Å²) in [7, 11) is 0. The van der Waals surface area contributed by atoms with Gasteiger partial charge in [-0.05, 0) is 13.8 Å². The highest BCUT2D eigenvalue weighted by atomic mass is 16.5. The van der Waals surface area contributed by atoms with Crippen LogP contribution in [0.2, 0.25) is 0 Å². The zero-order valence-electron chi connectivity index (χ0n) is 10.9. The lowest BCUT2D eigenvalue weighted by Crippen LogP contribution is -2.50. The van der Waals surface area contributed by atoms with E-state index in [1.165, 1.54) is 0 Å². The fourth-order valence-corrected chi connectivity index (χ4v) is 2.16. The van der Waals surface area contributed by atoms with E-state index >= 15 is 0 Å². The Labute approximate surface area is 103 Å². The zero-order valence-corrected chi connectivity index (χ0v) is 10.9. The molecule has 0 aromatic carbocycles. The number of aliphatic hydroxyl groups excluding tert-OH is 1. The van der Waals surface area contributed by atoms with Crippen LogP contribution < -0.4 is 0 Å². The molecule has 0 bridgehead atoms. The summed E-state index contributed by atoms with van der Waals surface area (Å²) in [6.07, 6.45) is 0.466. The average Bonchev–Trinajstić information content (AvgIpc) is 2.30. The van der Waals surface area contributed by atoms with E-state index in [0.29, 0.717) is 13.0 Å². The van der Waals surface area contributed by atoms with Crippen LogP contribution in [0.25, 0.3) is 0 Å². The number of hydrogen-bond acceptors (Lipinski definition) is 5. The predicted octanol–water partition coefficient (Wildman–Crippen LogP) is -0.0620. The maximum Gasteiger partial charge on any atom is 0.307 e. The highest BCUT2D eigenvalue weighted by Crippen LogP contribution is 2.09. The van der Waals surface area contributed by atoms with Crippen molar-refractivity contribution in [3.8, 4) is 0 Å². The summed E-state index contributed by atoms with van der Waals surface area (Å²) in [6.45, 7) is 9.17. The van der Waals surface area contributed by atoms with Crippen molar-refractivity contribution in [1.82, 2.24) is 9.80 Å². The van der Waals surface area contributed by atoms with Gasteiger partial charge in [0, 0.05) is 38.8 Å². The van der Waals surface area contributed by atoms with Gasteiger partial charge in [-0.2, -0.15) is 0 Å². The number of nitrogens with zero attached hydrogens (tertiary/aromatic N) is 2. The summed E-state index contributed by atoms with van der Waals surface area (Å²) in [5, 5.41) is 8.86. The molecule has 1 N–H and O–H groups in total. The van der Waals surface area contributed by atoms with Gasteiger partial charge in [0.05, 0.1) is 19.6 Å². The van der Waals surface area contributed by atoms with Crippen molar-refractivity contribution >= 4 is 5.97 Å². The SMILES string of the molecule is CCOC(=O)CC(C)N1CCN(CCO)CC1. The van der Waals surface area contributed by atoms with Gasteiger partial charge in [-0.15, -0.1) is 0 Å². The van der Waals surface area contributed by atoms with Gasteiger partial charge >= 0.3 is 5.97 Å². The number of rotatable bonds is 6. The molecule has 1 rings (SSSR count). The Hall–Kier alpha value is -0.650. The molecule has 1 atom stereocenters. The molecule has 0 aromatic heterocycles. The Morgan fingerprint density at radius 1 is 1.35 bits per heavy atom. The van der Waals surface area contributed by atoms with Crippen molar-refractivity contribution in [3.05, 3.63) is 0 Å². The predicted molar refractivity (Wildman–Crippen MR) is 65.8 cm³/mol. The molecule has 1 unspecified atom stereocenters. The van der Waals surface area contributed by atoms with Crippen LogP contribution in [0.1, 0.15) is 20.3 Å². The molecular formula is C12H24N2O3. The molecule has 0 saturated carbocycles. The standard InChI is InChI=1S/C12H24N2O3/c1-3-17-12(16)10-11(2)14-6-4-13(5-7-14)8-9-15/h11,15H,3-10H2,1-2H3. The van der Waals surface area contributed by atoms with E-state index in [0.717, 1.165) is 32.7 Å². The molecule has 0 spiro atoms. The number of hydrogen-bond donors (Lipinski definition) is 1. The van der Waals surface area contributed by atoms with E-state index in [-0.39, 0.29) is 18.6 Å². The minimum absolute atomic E-state index is 0.113. The Morgan fingerprint density at radius 2 is 2.00 bits per heavy atom. The van der Waals surface area contributed by atoms with Crippen LogP contribution in [-0.2, 0) is 9.53 Å². The van der Waals surface area contributed by atoms with Crippen LogP contribution in [0.15, 0.2) is 0 Å². The van der Waals surface area contributed by atoms with Gasteiger partial charge < -0.3 is 9.84 Å². The van der Waals surface area contributed by atoms with Crippen molar-refractivity contribution in [2.75, 3.05) is 45.9 Å². The van der Waals surface area contributed by atoms with Crippen molar-refractivity contribution in [3.63, 3.8) is 0 Å². The van der Waals surface area contributed by atoms with E-state index in [9.17, 15) is 4.79 Å². The maximum absolute atomic E-state index is 11.4. The number of esters is 1. The fourth-order valence-electron chi connectivity index (χ4n) is 2.16. The summed E-state index contributed by atoms with van der Waals surface area (Å²) >= 11 is 0. The van der Waals surface area contributed by atoms with E-state index in [1.54, 1.807) is 0 Å². The van der Waals surface area contributed by atoms with Crippen molar-refractivity contribution < 1.29 is 14.6 Å². The number of piperazine rings is 1. The van der Waals surface area contributed by atoms with E-state index in [4.69, 9.17) is 9.84 Å². The molecule has 0 radical (unpaired) electrons. The molecule has 17 heavy (non-hydrogen) atoms. The minimum atomic E-state index is -0.113. The molecule has 5 nitrogen and oxygen atoms in total.